The van der Waals surface area contributed by atoms with Crippen molar-refractivity contribution in [3.63, 3.8) is 0 Å². The van der Waals surface area contributed by atoms with E-state index in [0.717, 1.165) is 41.9 Å². The van der Waals surface area contributed by atoms with Crippen molar-refractivity contribution < 1.29 is 8.42 Å². The zero-order chi connectivity index (χ0) is 25.3. The largest absolute Gasteiger partial charge is 0.366 e. The van der Waals surface area contributed by atoms with E-state index in [1.165, 1.54) is 16.2 Å². The third kappa shape index (κ3) is 5.00. The molecule has 0 aliphatic carbocycles. The van der Waals surface area contributed by atoms with E-state index in [-0.39, 0.29) is 0 Å². The summed E-state index contributed by atoms with van der Waals surface area (Å²) in [6.45, 7) is 5.69. The molecule has 10 heteroatoms. The summed E-state index contributed by atoms with van der Waals surface area (Å²) in [5.74, 6) is 0.507. The third-order valence-corrected chi connectivity index (χ3v) is 7.82. The number of fused-ring (bicyclic) bond motifs is 1. The molecular formula is C26H31N7O2S. The van der Waals surface area contributed by atoms with Crippen LogP contribution in [0.1, 0.15) is 12.5 Å². The minimum Gasteiger partial charge on any atom is -0.366 e. The first kappa shape index (κ1) is 24.1. The second kappa shape index (κ2) is 9.79. The van der Waals surface area contributed by atoms with Crippen LogP contribution in [0.25, 0.3) is 11.0 Å². The Morgan fingerprint density at radius 2 is 1.92 bits per heavy atom. The number of hydrogen-bond donors (Lipinski definition) is 2. The average Bonchev–Trinajstić information content (AvgIpc) is 3.26. The molecule has 1 unspecified atom stereocenters. The molecule has 2 aromatic heterocycles. The molecule has 2 aromatic carbocycles. The number of nitrogens with one attached hydrogen (secondary N) is 2. The topological polar surface area (TPSA) is 95.4 Å². The van der Waals surface area contributed by atoms with Crippen LogP contribution in [0.4, 0.5) is 23.0 Å². The molecule has 0 amide bonds. The molecular weight excluding hydrogens is 474 g/mol. The lowest BCUT2D eigenvalue weighted by Gasteiger charge is -2.36. The second-order valence-corrected chi connectivity index (χ2v) is 11.2. The second-order valence-electron chi connectivity index (χ2n) is 9.19. The predicted octanol–water partition coefficient (Wildman–Crippen LogP) is 3.42. The number of nitrogens with zero attached hydrogens (tertiary/aromatic N) is 5. The Hall–Kier alpha value is -3.63. The molecule has 188 valence electrons. The van der Waals surface area contributed by atoms with Crippen molar-refractivity contribution in [1.29, 1.82) is 0 Å². The number of para-hydroxylation sites is 1. The summed E-state index contributed by atoms with van der Waals surface area (Å²) < 4.78 is 27.6. The Morgan fingerprint density at radius 3 is 2.67 bits per heavy atom. The van der Waals surface area contributed by atoms with Crippen molar-refractivity contribution >= 4 is 44.1 Å². The van der Waals surface area contributed by atoms with Gasteiger partial charge in [0.1, 0.15) is 5.65 Å². The standard InChI is InChI=1S/C26H31N7O2S/c1-19-16-27-13-15-33(19)23-10-8-22(9-11-23)29-26-28-17-20-12-14-32(25(20)30-26)18-21-6-4-5-7-24(21)31(2)36(3,34)35/h4-12,14,17,19,27H,13,15-16,18H2,1-3H3,(H,28,29,30). The van der Waals surface area contributed by atoms with Gasteiger partial charge in [-0.3, -0.25) is 4.31 Å². The van der Waals surface area contributed by atoms with Crippen LogP contribution in [0.3, 0.4) is 0 Å². The quantitative estimate of drug-likeness (QED) is 0.397. The zero-order valence-electron chi connectivity index (χ0n) is 20.7. The Morgan fingerprint density at radius 1 is 1.14 bits per heavy atom. The van der Waals surface area contributed by atoms with Crippen molar-refractivity contribution in [1.82, 2.24) is 19.9 Å². The SMILES string of the molecule is CC1CNCCN1c1ccc(Nc2ncc3ccn(Cc4ccccc4N(C)S(C)(=O)=O)c3n2)cc1. The lowest BCUT2D eigenvalue weighted by Crippen LogP contribution is -2.49. The summed E-state index contributed by atoms with van der Waals surface area (Å²) in [6, 6.07) is 18.3. The smallest absolute Gasteiger partial charge is 0.232 e. The van der Waals surface area contributed by atoms with E-state index in [2.05, 4.69) is 39.6 Å². The number of hydrogen-bond acceptors (Lipinski definition) is 7. The van der Waals surface area contributed by atoms with Gasteiger partial charge in [0.15, 0.2) is 0 Å². The monoisotopic (exact) mass is 505 g/mol. The van der Waals surface area contributed by atoms with Crippen LogP contribution in [-0.2, 0) is 16.6 Å². The molecule has 0 saturated carbocycles. The van der Waals surface area contributed by atoms with E-state index in [4.69, 9.17) is 4.98 Å². The Balaban J connectivity index is 1.37. The van der Waals surface area contributed by atoms with Gasteiger partial charge in [0.05, 0.1) is 18.5 Å². The maximum absolute atomic E-state index is 12.1. The third-order valence-electron chi connectivity index (χ3n) is 6.63. The minimum absolute atomic E-state index is 0.457. The van der Waals surface area contributed by atoms with Crippen molar-refractivity contribution in [2.24, 2.45) is 0 Å². The summed E-state index contributed by atoms with van der Waals surface area (Å²) in [6.07, 6.45) is 4.95. The predicted molar refractivity (Wildman–Crippen MR) is 146 cm³/mol. The highest BCUT2D eigenvalue weighted by molar-refractivity contribution is 7.92. The number of aromatic nitrogens is 3. The minimum atomic E-state index is -3.37. The van der Waals surface area contributed by atoms with E-state index in [1.54, 1.807) is 13.2 Å². The Kier molecular flexibility index (Phi) is 6.55. The van der Waals surface area contributed by atoms with E-state index in [9.17, 15) is 8.42 Å². The van der Waals surface area contributed by atoms with Gasteiger partial charge in [-0.25, -0.2) is 13.4 Å². The van der Waals surface area contributed by atoms with E-state index in [1.807, 2.05) is 53.2 Å². The van der Waals surface area contributed by atoms with Crippen LogP contribution in [0.2, 0.25) is 0 Å². The van der Waals surface area contributed by atoms with Crippen molar-refractivity contribution in [3.05, 3.63) is 72.6 Å². The van der Waals surface area contributed by atoms with Crippen molar-refractivity contribution in [3.8, 4) is 0 Å². The number of rotatable bonds is 7. The molecule has 1 atom stereocenters. The highest BCUT2D eigenvalue weighted by Gasteiger charge is 2.18. The first-order chi connectivity index (χ1) is 17.3. The van der Waals surface area contributed by atoms with Gasteiger partial charge in [-0.15, -0.1) is 0 Å². The zero-order valence-corrected chi connectivity index (χ0v) is 21.5. The maximum Gasteiger partial charge on any atom is 0.232 e. The normalized spacial score (nSPS) is 16.3. The Labute approximate surface area is 211 Å². The molecule has 2 N–H and O–H groups in total. The molecule has 3 heterocycles. The van der Waals surface area contributed by atoms with Crippen LogP contribution in [0.5, 0.6) is 0 Å². The highest BCUT2D eigenvalue weighted by Crippen LogP contribution is 2.26. The average molecular weight is 506 g/mol. The first-order valence-corrected chi connectivity index (χ1v) is 13.8. The number of sulfonamides is 1. The van der Waals surface area contributed by atoms with Crippen LogP contribution in [0.15, 0.2) is 67.0 Å². The molecule has 5 rings (SSSR count). The summed E-state index contributed by atoms with van der Waals surface area (Å²) in [5, 5.41) is 7.65. The molecule has 0 spiro atoms. The van der Waals surface area contributed by atoms with Gasteiger partial charge in [0.25, 0.3) is 0 Å². The summed E-state index contributed by atoms with van der Waals surface area (Å²) in [7, 11) is -1.80. The van der Waals surface area contributed by atoms with Gasteiger partial charge < -0.3 is 20.1 Å². The van der Waals surface area contributed by atoms with Crippen LogP contribution in [-0.4, -0.2) is 61.9 Å². The molecule has 36 heavy (non-hydrogen) atoms. The summed E-state index contributed by atoms with van der Waals surface area (Å²) in [4.78, 5) is 11.7. The van der Waals surface area contributed by atoms with Gasteiger partial charge in [-0.2, -0.15) is 4.98 Å². The lowest BCUT2D eigenvalue weighted by atomic mass is 10.1. The van der Waals surface area contributed by atoms with E-state index < -0.39 is 10.0 Å². The van der Waals surface area contributed by atoms with E-state index >= 15 is 0 Å². The van der Waals surface area contributed by atoms with Gasteiger partial charge in [-0.1, -0.05) is 18.2 Å². The fraction of sp³-hybridized carbons (Fsp3) is 0.308. The molecule has 1 aliphatic rings. The number of benzene rings is 2. The van der Waals surface area contributed by atoms with E-state index in [0.29, 0.717) is 24.2 Å². The van der Waals surface area contributed by atoms with Crippen LogP contribution < -0.4 is 19.8 Å². The molecule has 0 radical (unpaired) electrons. The fourth-order valence-corrected chi connectivity index (χ4v) is 5.10. The van der Waals surface area contributed by atoms with Gasteiger partial charge in [0, 0.05) is 61.9 Å². The fourth-order valence-electron chi connectivity index (χ4n) is 4.56. The highest BCUT2D eigenvalue weighted by atomic mass is 32.2. The lowest BCUT2D eigenvalue weighted by molar-refractivity contribution is 0.501. The first-order valence-electron chi connectivity index (χ1n) is 12.0. The molecule has 1 saturated heterocycles. The summed E-state index contributed by atoms with van der Waals surface area (Å²) >= 11 is 0. The number of piperazine rings is 1. The number of anilines is 4. The Bertz CT molecular complexity index is 1470. The van der Waals surface area contributed by atoms with Crippen molar-refractivity contribution in [2.75, 3.05) is 47.5 Å². The van der Waals surface area contributed by atoms with Gasteiger partial charge in [-0.05, 0) is 48.9 Å². The molecule has 0 bridgehead atoms. The van der Waals surface area contributed by atoms with Crippen molar-refractivity contribution in [2.45, 2.75) is 19.5 Å². The van der Waals surface area contributed by atoms with Gasteiger partial charge in [0.2, 0.25) is 16.0 Å². The van der Waals surface area contributed by atoms with Gasteiger partial charge >= 0.3 is 0 Å². The molecule has 4 aromatic rings. The molecule has 1 aliphatic heterocycles. The summed E-state index contributed by atoms with van der Waals surface area (Å²) in [5.41, 5.74) is 4.43. The van der Waals surface area contributed by atoms with Crippen LogP contribution >= 0.6 is 0 Å². The maximum atomic E-state index is 12.1. The van der Waals surface area contributed by atoms with Crippen LogP contribution in [0, 0.1) is 0 Å². The molecule has 9 nitrogen and oxygen atoms in total. The molecule has 1 fully saturated rings.